The Kier molecular flexibility index (Phi) is 4.08. The molecule has 1 aliphatic carbocycles. The van der Waals surface area contributed by atoms with Crippen LogP contribution in [0.3, 0.4) is 0 Å². The molecule has 1 aliphatic rings. The van der Waals surface area contributed by atoms with E-state index in [9.17, 15) is 4.39 Å². The number of benzene rings is 1. The van der Waals surface area contributed by atoms with E-state index in [-0.39, 0.29) is 5.82 Å². The van der Waals surface area contributed by atoms with Gasteiger partial charge in [0.1, 0.15) is 5.82 Å². The van der Waals surface area contributed by atoms with E-state index in [1.54, 1.807) is 12.1 Å². The number of aliphatic imine (C=N–C) groups is 1. The van der Waals surface area contributed by atoms with Gasteiger partial charge in [-0.3, -0.25) is 4.99 Å². The first-order chi connectivity index (χ1) is 10.2. The fraction of sp³-hybridized carbons (Fsp3) is 0.438. The third kappa shape index (κ3) is 3.35. The Morgan fingerprint density at radius 1 is 1.38 bits per heavy atom. The average Bonchev–Trinajstić information content (AvgIpc) is 3.09. The van der Waals surface area contributed by atoms with Crippen molar-refractivity contribution in [1.82, 2.24) is 10.3 Å². The van der Waals surface area contributed by atoms with Gasteiger partial charge in [0.05, 0.1) is 0 Å². The fourth-order valence-corrected chi connectivity index (χ4v) is 2.98. The molecule has 1 saturated carbocycles. The Labute approximate surface area is 123 Å². The van der Waals surface area contributed by atoms with Crippen molar-refractivity contribution in [2.75, 3.05) is 6.54 Å². The maximum atomic E-state index is 13.3. The molecule has 0 saturated heterocycles. The molecular weight excluding hydrogens is 267 g/mol. The minimum atomic E-state index is -0.214. The van der Waals surface area contributed by atoms with E-state index in [0.29, 0.717) is 18.5 Å². The summed E-state index contributed by atoms with van der Waals surface area (Å²) in [6.07, 6.45) is 7.56. The summed E-state index contributed by atoms with van der Waals surface area (Å²) in [4.78, 5) is 7.52. The van der Waals surface area contributed by atoms with Gasteiger partial charge in [-0.1, -0.05) is 12.8 Å². The third-order valence-corrected chi connectivity index (χ3v) is 4.10. The zero-order valence-electron chi connectivity index (χ0n) is 12.0. The molecule has 1 aromatic heterocycles. The molecule has 112 valence electrons. The van der Waals surface area contributed by atoms with Crippen molar-refractivity contribution in [3.05, 3.63) is 35.8 Å². The topological polar surface area (TPSA) is 66.2 Å². The van der Waals surface area contributed by atoms with Crippen LogP contribution in [0.4, 0.5) is 4.39 Å². The van der Waals surface area contributed by atoms with E-state index in [2.05, 4.69) is 15.3 Å². The summed E-state index contributed by atoms with van der Waals surface area (Å²) in [6, 6.07) is 5.26. The molecule has 4 nitrogen and oxygen atoms in total. The molecule has 0 unspecified atom stereocenters. The number of halogens is 1. The Hall–Kier alpha value is -2.04. The number of nitrogens with zero attached hydrogens (tertiary/aromatic N) is 1. The van der Waals surface area contributed by atoms with Crippen molar-refractivity contribution < 1.29 is 4.39 Å². The van der Waals surface area contributed by atoms with Gasteiger partial charge in [-0.2, -0.15) is 0 Å². The van der Waals surface area contributed by atoms with Crippen molar-refractivity contribution in [1.29, 1.82) is 0 Å². The zero-order valence-corrected chi connectivity index (χ0v) is 12.0. The molecule has 3 rings (SSSR count). The number of rotatable bonds is 4. The largest absolute Gasteiger partial charge is 0.370 e. The predicted molar refractivity (Wildman–Crippen MR) is 83.8 cm³/mol. The van der Waals surface area contributed by atoms with E-state index in [1.165, 1.54) is 31.7 Å². The van der Waals surface area contributed by atoms with E-state index >= 15 is 0 Å². The lowest BCUT2D eigenvalue weighted by atomic mass is 10.1. The van der Waals surface area contributed by atoms with Crippen molar-refractivity contribution >= 4 is 16.9 Å². The molecule has 1 fully saturated rings. The van der Waals surface area contributed by atoms with Crippen LogP contribution >= 0.6 is 0 Å². The van der Waals surface area contributed by atoms with Crippen LogP contribution in [0, 0.1) is 5.82 Å². The highest BCUT2D eigenvalue weighted by Gasteiger charge is 2.14. The van der Waals surface area contributed by atoms with Crippen molar-refractivity contribution in [2.24, 2.45) is 10.7 Å². The van der Waals surface area contributed by atoms with Gasteiger partial charge in [-0.05, 0) is 43.0 Å². The molecule has 0 aliphatic heterocycles. The second-order valence-corrected chi connectivity index (χ2v) is 5.65. The zero-order chi connectivity index (χ0) is 14.7. The first kappa shape index (κ1) is 13.9. The van der Waals surface area contributed by atoms with Crippen LogP contribution < -0.4 is 11.1 Å². The molecule has 0 atom stereocenters. The first-order valence-electron chi connectivity index (χ1n) is 7.54. The van der Waals surface area contributed by atoms with Crippen LogP contribution in [-0.2, 0) is 6.42 Å². The summed E-state index contributed by atoms with van der Waals surface area (Å²) in [7, 11) is 0. The van der Waals surface area contributed by atoms with Gasteiger partial charge < -0.3 is 16.0 Å². The molecule has 21 heavy (non-hydrogen) atoms. The van der Waals surface area contributed by atoms with Crippen molar-refractivity contribution in [2.45, 2.75) is 38.1 Å². The molecule has 0 spiro atoms. The van der Waals surface area contributed by atoms with Crippen LogP contribution in [0.2, 0.25) is 0 Å². The Morgan fingerprint density at radius 2 is 2.19 bits per heavy atom. The standard InChI is InChI=1S/C16H21FN4/c17-12-5-6-15-14(9-12)11(10-20-15)7-8-19-16(18)21-13-3-1-2-4-13/h5-6,9-10,13,20H,1-4,7-8H2,(H3,18,19,21). The van der Waals surface area contributed by atoms with Gasteiger partial charge in [0.15, 0.2) is 5.96 Å². The number of hydrogen-bond donors (Lipinski definition) is 3. The van der Waals surface area contributed by atoms with Crippen LogP contribution in [0.1, 0.15) is 31.2 Å². The number of nitrogens with two attached hydrogens (primary N) is 1. The number of hydrogen-bond acceptors (Lipinski definition) is 1. The molecule has 0 radical (unpaired) electrons. The molecule has 0 bridgehead atoms. The number of fused-ring (bicyclic) bond motifs is 1. The molecule has 5 heteroatoms. The van der Waals surface area contributed by atoms with Crippen LogP contribution in [0.25, 0.3) is 10.9 Å². The highest BCUT2D eigenvalue weighted by molar-refractivity contribution is 5.83. The van der Waals surface area contributed by atoms with Gasteiger partial charge >= 0.3 is 0 Å². The van der Waals surface area contributed by atoms with Gasteiger partial charge in [-0.25, -0.2) is 4.39 Å². The third-order valence-electron chi connectivity index (χ3n) is 4.10. The Bertz CT molecular complexity index is 641. The summed E-state index contributed by atoms with van der Waals surface area (Å²) < 4.78 is 13.3. The SMILES string of the molecule is NC(=NCCc1c[nH]c2ccc(F)cc12)NC1CCCC1. The van der Waals surface area contributed by atoms with Gasteiger partial charge in [0.2, 0.25) is 0 Å². The van der Waals surface area contributed by atoms with E-state index in [1.807, 2.05) is 6.20 Å². The van der Waals surface area contributed by atoms with Crippen LogP contribution in [0.15, 0.2) is 29.4 Å². The van der Waals surface area contributed by atoms with E-state index in [4.69, 9.17) is 5.73 Å². The second-order valence-electron chi connectivity index (χ2n) is 5.65. The van der Waals surface area contributed by atoms with Gasteiger partial charge in [-0.15, -0.1) is 0 Å². The number of aromatic amines is 1. The predicted octanol–water partition coefficient (Wildman–Crippen LogP) is 2.70. The summed E-state index contributed by atoms with van der Waals surface area (Å²) >= 11 is 0. The monoisotopic (exact) mass is 288 g/mol. The lowest BCUT2D eigenvalue weighted by molar-refractivity contribution is 0.625. The minimum absolute atomic E-state index is 0.214. The van der Waals surface area contributed by atoms with E-state index < -0.39 is 0 Å². The van der Waals surface area contributed by atoms with Crippen molar-refractivity contribution in [3.63, 3.8) is 0 Å². The Morgan fingerprint density at radius 3 is 3.00 bits per heavy atom. The van der Waals surface area contributed by atoms with Crippen molar-refractivity contribution in [3.8, 4) is 0 Å². The molecule has 4 N–H and O–H groups in total. The number of guanidine groups is 1. The average molecular weight is 288 g/mol. The molecule has 1 heterocycles. The maximum absolute atomic E-state index is 13.3. The molecule has 2 aromatic rings. The molecule has 0 amide bonds. The van der Waals surface area contributed by atoms with Gasteiger partial charge in [0.25, 0.3) is 0 Å². The smallest absolute Gasteiger partial charge is 0.188 e. The normalized spacial score (nSPS) is 16.7. The summed E-state index contributed by atoms with van der Waals surface area (Å²) in [5.74, 6) is 0.308. The number of nitrogens with one attached hydrogen (secondary N) is 2. The number of H-pyrrole nitrogens is 1. The van der Waals surface area contributed by atoms with Crippen LogP contribution in [0.5, 0.6) is 0 Å². The maximum Gasteiger partial charge on any atom is 0.188 e. The van der Waals surface area contributed by atoms with Gasteiger partial charge in [0, 0.05) is 29.7 Å². The Balaban J connectivity index is 1.59. The summed E-state index contributed by atoms with van der Waals surface area (Å²) in [5.41, 5.74) is 7.92. The molecular formula is C16H21FN4. The minimum Gasteiger partial charge on any atom is -0.370 e. The lowest BCUT2D eigenvalue weighted by Crippen LogP contribution is -2.38. The van der Waals surface area contributed by atoms with Crippen LogP contribution in [-0.4, -0.2) is 23.5 Å². The lowest BCUT2D eigenvalue weighted by Gasteiger charge is -2.12. The number of aromatic nitrogens is 1. The summed E-state index contributed by atoms with van der Waals surface area (Å²) in [5, 5.41) is 4.19. The highest BCUT2D eigenvalue weighted by Crippen LogP contribution is 2.20. The second kappa shape index (κ2) is 6.16. The highest BCUT2D eigenvalue weighted by atomic mass is 19.1. The fourth-order valence-electron chi connectivity index (χ4n) is 2.98. The van der Waals surface area contributed by atoms with E-state index in [0.717, 1.165) is 22.9 Å². The first-order valence-corrected chi connectivity index (χ1v) is 7.54. The molecule has 1 aromatic carbocycles. The summed E-state index contributed by atoms with van der Waals surface area (Å²) in [6.45, 7) is 0.606. The quantitative estimate of drug-likeness (QED) is 0.598.